The molecule has 0 aromatic carbocycles. The lowest BCUT2D eigenvalue weighted by molar-refractivity contribution is -0.126. The number of carbonyl (C=O) groups is 1. The van der Waals surface area contributed by atoms with Crippen molar-refractivity contribution in [2.75, 3.05) is 0 Å². The molecule has 15 heavy (non-hydrogen) atoms. The Morgan fingerprint density at radius 1 is 1.27 bits per heavy atom. The summed E-state index contributed by atoms with van der Waals surface area (Å²) in [6.07, 6.45) is 2.94. The molecule has 0 aromatic heterocycles. The van der Waals surface area contributed by atoms with E-state index in [4.69, 9.17) is 5.73 Å². The van der Waals surface area contributed by atoms with E-state index >= 15 is 0 Å². The fourth-order valence-electron chi connectivity index (χ4n) is 1.37. The molecular formula is C12H26N2O. The molecule has 0 aliphatic heterocycles. The molecule has 3 heteroatoms. The predicted octanol–water partition coefficient (Wildman–Crippen LogP) is 2.05. The average molecular weight is 214 g/mol. The van der Waals surface area contributed by atoms with E-state index in [9.17, 15) is 4.79 Å². The Morgan fingerprint density at radius 3 is 2.20 bits per heavy atom. The lowest BCUT2D eigenvalue weighted by Crippen LogP contribution is -2.43. The molecule has 0 bridgehead atoms. The SMILES string of the molecule is CC(N)CCCC(C)C(=O)NC(C)(C)C. The second-order valence-corrected chi connectivity index (χ2v) is 5.55. The number of rotatable bonds is 5. The molecule has 0 radical (unpaired) electrons. The van der Waals surface area contributed by atoms with Gasteiger partial charge in [0, 0.05) is 17.5 Å². The van der Waals surface area contributed by atoms with E-state index in [-0.39, 0.29) is 23.4 Å². The fraction of sp³-hybridized carbons (Fsp3) is 0.917. The van der Waals surface area contributed by atoms with Crippen molar-refractivity contribution >= 4 is 5.91 Å². The first kappa shape index (κ1) is 14.4. The van der Waals surface area contributed by atoms with Crippen molar-refractivity contribution in [3.05, 3.63) is 0 Å². The Balaban J connectivity index is 3.80. The van der Waals surface area contributed by atoms with Gasteiger partial charge in [0.2, 0.25) is 5.91 Å². The standard InChI is InChI=1S/C12H26N2O/c1-9(7-6-8-10(2)13)11(15)14-12(3,4)5/h9-10H,6-8,13H2,1-5H3,(H,14,15). The van der Waals surface area contributed by atoms with Gasteiger partial charge in [0.1, 0.15) is 0 Å². The van der Waals surface area contributed by atoms with Crippen LogP contribution in [0.25, 0.3) is 0 Å². The van der Waals surface area contributed by atoms with Crippen LogP contribution < -0.4 is 11.1 Å². The number of nitrogens with two attached hydrogens (primary N) is 1. The van der Waals surface area contributed by atoms with Gasteiger partial charge in [0.25, 0.3) is 0 Å². The lowest BCUT2D eigenvalue weighted by atomic mass is 9.99. The van der Waals surface area contributed by atoms with E-state index in [1.54, 1.807) is 0 Å². The van der Waals surface area contributed by atoms with E-state index in [1.807, 2.05) is 34.6 Å². The van der Waals surface area contributed by atoms with Crippen LogP contribution in [0.2, 0.25) is 0 Å². The monoisotopic (exact) mass is 214 g/mol. The van der Waals surface area contributed by atoms with Gasteiger partial charge in [0.05, 0.1) is 0 Å². The summed E-state index contributed by atoms with van der Waals surface area (Å²) < 4.78 is 0. The van der Waals surface area contributed by atoms with Gasteiger partial charge in [-0.05, 0) is 40.5 Å². The number of hydrogen-bond donors (Lipinski definition) is 2. The zero-order valence-corrected chi connectivity index (χ0v) is 10.8. The molecule has 0 rings (SSSR count). The normalized spacial score (nSPS) is 15.9. The van der Waals surface area contributed by atoms with Gasteiger partial charge < -0.3 is 11.1 Å². The maximum absolute atomic E-state index is 11.7. The summed E-state index contributed by atoms with van der Waals surface area (Å²) >= 11 is 0. The van der Waals surface area contributed by atoms with Crippen LogP contribution in [-0.2, 0) is 4.79 Å². The third-order valence-electron chi connectivity index (χ3n) is 2.24. The van der Waals surface area contributed by atoms with Crippen molar-refractivity contribution in [1.29, 1.82) is 0 Å². The van der Waals surface area contributed by atoms with E-state index in [1.165, 1.54) is 0 Å². The molecule has 0 saturated carbocycles. The van der Waals surface area contributed by atoms with Gasteiger partial charge in [-0.1, -0.05) is 13.3 Å². The van der Waals surface area contributed by atoms with Crippen LogP contribution in [0, 0.1) is 5.92 Å². The molecule has 90 valence electrons. The Labute approximate surface area is 93.8 Å². The molecule has 0 saturated heterocycles. The second kappa shape index (κ2) is 6.11. The summed E-state index contributed by atoms with van der Waals surface area (Å²) in [5, 5.41) is 2.99. The quantitative estimate of drug-likeness (QED) is 0.736. The first-order chi connectivity index (χ1) is 6.72. The molecule has 2 atom stereocenters. The van der Waals surface area contributed by atoms with E-state index in [2.05, 4.69) is 5.32 Å². The predicted molar refractivity (Wildman–Crippen MR) is 64.6 cm³/mol. The van der Waals surface area contributed by atoms with E-state index < -0.39 is 0 Å². The van der Waals surface area contributed by atoms with E-state index in [0.717, 1.165) is 19.3 Å². The van der Waals surface area contributed by atoms with Crippen LogP contribution in [0.15, 0.2) is 0 Å². The maximum Gasteiger partial charge on any atom is 0.223 e. The minimum Gasteiger partial charge on any atom is -0.351 e. The van der Waals surface area contributed by atoms with Crippen LogP contribution in [0.1, 0.15) is 53.9 Å². The summed E-state index contributed by atoms with van der Waals surface area (Å²) in [5.41, 5.74) is 5.52. The van der Waals surface area contributed by atoms with Gasteiger partial charge in [0.15, 0.2) is 0 Å². The summed E-state index contributed by atoms with van der Waals surface area (Å²) in [5.74, 6) is 0.232. The zero-order valence-electron chi connectivity index (χ0n) is 10.8. The molecule has 2 unspecified atom stereocenters. The van der Waals surface area contributed by atoms with Crippen molar-refractivity contribution in [3.63, 3.8) is 0 Å². The highest BCUT2D eigenvalue weighted by Crippen LogP contribution is 2.11. The van der Waals surface area contributed by atoms with Gasteiger partial charge in [-0.3, -0.25) is 4.79 Å². The van der Waals surface area contributed by atoms with Crippen molar-refractivity contribution in [2.24, 2.45) is 11.7 Å². The Bertz CT molecular complexity index is 194. The molecule has 3 nitrogen and oxygen atoms in total. The molecule has 0 fully saturated rings. The number of nitrogens with one attached hydrogen (secondary N) is 1. The van der Waals surface area contributed by atoms with Crippen molar-refractivity contribution < 1.29 is 4.79 Å². The molecule has 0 heterocycles. The third kappa shape index (κ3) is 8.43. The Hall–Kier alpha value is -0.570. The minimum atomic E-state index is -0.132. The molecular weight excluding hydrogens is 188 g/mol. The lowest BCUT2D eigenvalue weighted by Gasteiger charge is -2.23. The van der Waals surface area contributed by atoms with Crippen molar-refractivity contribution in [1.82, 2.24) is 5.32 Å². The number of hydrogen-bond acceptors (Lipinski definition) is 2. The highest BCUT2D eigenvalue weighted by molar-refractivity contribution is 5.78. The smallest absolute Gasteiger partial charge is 0.223 e. The molecule has 0 aliphatic rings. The third-order valence-corrected chi connectivity index (χ3v) is 2.24. The van der Waals surface area contributed by atoms with Crippen LogP contribution in [0.4, 0.5) is 0 Å². The maximum atomic E-state index is 11.7. The molecule has 0 aliphatic carbocycles. The van der Waals surface area contributed by atoms with Crippen LogP contribution in [0.3, 0.4) is 0 Å². The molecule has 3 N–H and O–H groups in total. The highest BCUT2D eigenvalue weighted by Gasteiger charge is 2.18. The van der Waals surface area contributed by atoms with Gasteiger partial charge in [-0.2, -0.15) is 0 Å². The summed E-state index contributed by atoms with van der Waals surface area (Å²) in [6, 6.07) is 0.239. The average Bonchev–Trinajstić information content (AvgIpc) is 1.99. The first-order valence-electron chi connectivity index (χ1n) is 5.80. The fourth-order valence-corrected chi connectivity index (χ4v) is 1.37. The number of carbonyl (C=O) groups excluding carboxylic acids is 1. The highest BCUT2D eigenvalue weighted by atomic mass is 16.2. The second-order valence-electron chi connectivity index (χ2n) is 5.55. The van der Waals surface area contributed by atoms with Crippen molar-refractivity contribution in [2.45, 2.75) is 65.5 Å². The van der Waals surface area contributed by atoms with Crippen molar-refractivity contribution in [3.8, 4) is 0 Å². The first-order valence-corrected chi connectivity index (χ1v) is 5.80. The van der Waals surface area contributed by atoms with Gasteiger partial charge >= 0.3 is 0 Å². The topological polar surface area (TPSA) is 55.1 Å². The molecule has 0 spiro atoms. The largest absolute Gasteiger partial charge is 0.351 e. The van der Waals surface area contributed by atoms with Gasteiger partial charge in [-0.25, -0.2) is 0 Å². The summed E-state index contributed by atoms with van der Waals surface area (Å²) in [6.45, 7) is 9.97. The Morgan fingerprint density at radius 2 is 1.80 bits per heavy atom. The van der Waals surface area contributed by atoms with Gasteiger partial charge in [-0.15, -0.1) is 0 Å². The summed E-state index contributed by atoms with van der Waals surface area (Å²) in [4.78, 5) is 11.7. The van der Waals surface area contributed by atoms with E-state index in [0.29, 0.717) is 0 Å². The molecule has 1 amide bonds. The minimum absolute atomic E-state index is 0.0861. The summed E-state index contributed by atoms with van der Waals surface area (Å²) in [7, 11) is 0. The number of amides is 1. The van der Waals surface area contributed by atoms with Crippen LogP contribution in [0.5, 0.6) is 0 Å². The zero-order chi connectivity index (χ0) is 12.1. The van der Waals surface area contributed by atoms with Crippen LogP contribution in [-0.4, -0.2) is 17.5 Å². The van der Waals surface area contributed by atoms with Crippen LogP contribution >= 0.6 is 0 Å². The Kier molecular flexibility index (Phi) is 5.88. The molecule has 0 aromatic rings.